The van der Waals surface area contributed by atoms with Crippen LogP contribution in [0.3, 0.4) is 0 Å². The Morgan fingerprint density at radius 3 is 2.71 bits per heavy atom. The largest absolute Gasteiger partial charge is 0.389 e. The smallest absolute Gasteiger partial charge is 0.0781 e. The van der Waals surface area contributed by atoms with Gasteiger partial charge in [-0.3, -0.25) is 0 Å². The predicted octanol–water partition coefficient (Wildman–Crippen LogP) is 3.51. The van der Waals surface area contributed by atoms with Crippen LogP contribution in [0.2, 0.25) is 0 Å². The summed E-state index contributed by atoms with van der Waals surface area (Å²) in [6, 6.07) is 9.47. The zero-order chi connectivity index (χ0) is 12.4. The summed E-state index contributed by atoms with van der Waals surface area (Å²) in [5, 5.41) is 9.88. The molecule has 1 fully saturated rings. The first-order valence-electron chi connectivity index (χ1n) is 6.70. The van der Waals surface area contributed by atoms with E-state index in [1.807, 2.05) is 19.1 Å². The van der Waals surface area contributed by atoms with Crippen molar-refractivity contribution in [1.29, 1.82) is 0 Å². The van der Waals surface area contributed by atoms with Gasteiger partial charge in [-0.1, -0.05) is 25.1 Å². The maximum absolute atomic E-state index is 9.88. The second-order valence-electron chi connectivity index (χ2n) is 5.13. The minimum Gasteiger partial charge on any atom is -0.389 e. The van der Waals surface area contributed by atoms with Crippen molar-refractivity contribution in [1.82, 2.24) is 0 Å². The summed E-state index contributed by atoms with van der Waals surface area (Å²) in [5.74, 6) is 0. The number of aliphatic hydroxyl groups excluding tert-OH is 1. The zero-order valence-electron chi connectivity index (χ0n) is 11.1. The summed E-state index contributed by atoms with van der Waals surface area (Å²) < 4.78 is 0. The third-order valence-corrected chi connectivity index (χ3v) is 3.92. The summed E-state index contributed by atoms with van der Waals surface area (Å²) in [6.07, 6.45) is 3.31. The molecule has 1 N–H and O–H groups in total. The molecule has 0 saturated carbocycles. The molecular weight excluding hydrogens is 210 g/mol. The fourth-order valence-electron chi connectivity index (χ4n) is 2.98. The van der Waals surface area contributed by atoms with E-state index in [0.29, 0.717) is 12.1 Å². The number of benzene rings is 1. The quantitative estimate of drug-likeness (QED) is 0.863. The van der Waals surface area contributed by atoms with Crippen LogP contribution in [0.1, 0.15) is 51.7 Å². The standard InChI is InChI=1S/C15H23NO/c1-4-13-10-9-11(2)16(13)15-8-6-5-7-14(15)12(3)17/h5-8,11-13,17H,4,9-10H2,1-3H3/t11?,12-,13?/m0/s1. The number of nitrogens with zero attached hydrogens (tertiary/aromatic N) is 1. The van der Waals surface area contributed by atoms with E-state index < -0.39 is 6.10 Å². The summed E-state index contributed by atoms with van der Waals surface area (Å²) in [6.45, 7) is 6.38. The third kappa shape index (κ3) is 2.32. The lowest BCUT2D eigenvalue weighted by Gasteiger charge is -2.32. The van der Waals surface area contributed by atoms with Crippen LogP contribution in [0, 0.1) is 0 Å². The Bertz CT molecular complexity index is 375. The second kappa shape index (κ2) is 5.09. The molecule has 0 amide bonds. The number of aliphatic hydroxyl groups is 1. The average molecular weight is 233 g/mol. The van der Waals surface area contributed by atoms with Crippen molar-refractivity contribution < 1.29 is 5.11 Å². The lowest BCUT2D eigenvalue weighted by atomic mass is 10.1. The highest BCUT2D eigenvalue weighted by atomic mass is 16.3. The van der Waals surface area contributed by atoms with Crippen molar-refractivity contribution >= 4 is 5.69 Å². The van der Waals surface area contributed by atoms with Gasteiger partial charge in [0.1, 0.15) is 0 Å². The summed E-state index contributed by atoms with van der Waals surface area (Å²) in [5.41, 5.74) is 2.28. The molecule has 3 atom stereocenters. The normalized spacial score (nSPS) is 26.2. The van der Waals surface area contributed by atoms with Gasteiger partial charge in [0, 0.05) is 23.3 Å². The molecule has 1 heterocycles. The van der Waals surface area contributed by atoms with Gasteiger partial charge in [0.25, 0.3) is 0 Å². The molecule has 0 aliphatic carbocycles. The molecule has 94 valence electrons. The van der Waals surface area contributed by atoms with Gasteiger partial charge in [0.15, 0.2) is 0 Å². The Morgan fingerprint density at radius 1 is 1.35 bits per heavy atom. The van der Waals surface area contributed by atoms with Gasteiger partial charge in [0.05, 0.1) is 6.10 Å². The highest BCUT2D eigenvalue weighted by Crippen LogP contribution is 2.36. The van der Waals surface area contributed by atoms with E-state index in [9.17, 15) is 5.11 Å². The summed E-state index contributed by atoms with van der Waals surface area (Å²) in [7, 11) is 0. The van der Waals surface area contributed by atoms with Crippen molar-refractivity contribution in [2.24, 2.45) is 0 Å². The maximum atomic E-state index is 9.88. The average Bonchev–Trinajstić information content (AvgIpc) is 2.70. The predicted molar refractivity (Wildman–Crippen MR) is 72.3 cm³/mol. The molecular formula is C15H23NO. The maximum Gasteiger partial charge on any atom is 0.0781 e. The van der Waals surface area contributed by atoms with E-state index in [0.717, 1.165) is 5.56 Å². The van der Waals surface area contributed by atoms with E-state index in [2.05, 4.69) is 30.9 Å². The van der Waals surface area contributed by atoms with Gasteiger partial charge >= 0.3 is 0 Å². The van der Waals surface area contributed by atoms with Crippen LogP contribution in [-0.2, 0) is 0 Å². The molecule has 17 heavy (non-hydrogen) atoms. The molecule has 1 aromatic carbocycles. The van der Waals surface area contributed by atoms with Crippen molar-refractivity contribution in [2.75, 3.05) is 4.90 Å². The van der Waals surface area contributed by atoms with Gasteiger partial charge in [-0.2, -0.15) is 0 Å². The van der Waals surface area contributed by atoms with Crippen LogP contribution in [0.15, 0.2) is 24.3 Å². The molecule has 0 aromatic heterocycles. The van der Waals surface area contributed by atoms with Gasteiger partial charge < -0.3 is 10.0 Å². The van der Waals surface area contributed by atoms with E-state index in [1.165, 1.54) is 24.9 Å². The van der Waals surface area contributed by atoms with Crippen molar-refractivity contribution in [3.8, 4) is 0 Å². The minimum atomic E-state index is -0.392. The van der Waals surface area contributed by atoms with E-state index in [-0.39, 0.29) is 0 Å². The van der Waals surface area contributed by atoms with Gasteiger partial charge in [-0.05, 0) is 39.2 Å². The number of hydrogen-bond acceptors (Lipinski definition) is 2. The Balaban J connectivity index is 2.38. The molecule has 2 rings (SSSR count). The van der Waals surface area contributed by atoms with Gasteiger partial charge in [-0.15, -0.1) is 0 Å². The first-order valence-corrected chi connectivity index (χ1v) is 6.70. The third-order valence-electron chi connectivity index (χ3n) is 3.92. The summed E-state index contributed by atoms with van der Waals surface area (Å²) >= 11 is 0. The van der Waals surface area contributed by atoms with Crippen LogP contribution in [0.4, 0.5) is 5.69 Å². The number of hydrogen-bond donors (Lipinski definition) is 1. The molecule has 1 aromatic rings. The fourth-order valence-corrected chi connectivity index (χ4v) is 2.98. The molecule has 1 saturated heterocycles. The van der Waals surface area contributed by atoms with Crippen LogP contribution >= 0.6 is 0 Å². The lowest BCUT2D eigenvalue weighted by molar-refractivity contribution is 0.199. The first-order chi connectivity index (χ1) is 8.15. The Labute approximate surface area is 104 Å². The van der Waals surface area contributed by atoms with Gasteiger partial charge in [-0.25, -0.2) is 0 Å². The van der Waals surface area contributed by atoms with E-state index in [1.54, 1.807) is 0 Å². The van der Waals surface area contributed by atoms with Crippen molar-refractivity contribution in [3.05, 3.63) is 29.8 Å². The molecule has 0 spiro atoms. The molecule has 2 nitrogen and oxygen atoms in total. The monoisotopic (exact) mass is 233 g/mol. The molecule has 1 aliphatic rings. The topological polar surface area (TPSA) is 23.5 Å². The van der Waals surface area contributed by atoms with Crippen molar-refractivity contribution in [3.63, 3.8) is 0 Å². The van der Waals surface area contributed by atoms with Crippen LogP contribution < -0.4 is 4.90 Å². The zero-order valence-corrected chi connectivity index (χ0v) is 11.1. The molecule has 0 radical (unpaired) electrons. The minimum absolute atomic E-state index is 0.392. The van der Waals surface area contributed by atoms with E-state index >= 15 is 0 Å². The molecule has 2 unspecified atom stereocenters. The van der Waals surface area contributed by atoms with Crippen molar-refractivity contribution in [2.45, 2.75) is 58.2 Å². The lowest BCUT2D eigenvalue weighted by Crippen LogP contribution is -2.35. The highest BCUT2D eigenvalue weighted by molar-refractivity contribution is 5.56. The van der Waals surface area contributed by atoms with Crippen LogP contribution in [0.5, 0.6) is 0 Å². The molecule has 1 aliphatic heterocycles. The Morgan fingerprint density at radius 2 is 2.06 bits per heavy atom. The fraction of sp³-hybridized carbons (Fsp3) is 0.600. The number of para-hydroxylation sites is 1. The van der Waals surface area contributed by atoms with Crippen LogP contribution in [-0.4, -0.2) is 17.2 Å². The highest BCUT2D eigenvalue weighted by Gasteiger charge is 2.30. The van der Waals surface area contributed by atoms with E-state index in [4.69, 9.17) is 0 Å². The second-order valence-corrected chi connectivity index (χ2v) is 5.13. The van der Waals surface area contributed by atoms with Gasteiger partial charge in [0.2, 0.25) is 0 Å². The Hall–Kier alpha value is -1.02. The number of anilines is 1. The number of rotatable bonds is 3. The molecule has 0 bridgehead atoms. The summed E-state index contributed by atoms with van der Waals surface area (Å²) in [4.78, 5) is 2.50. The molecule has 2 heteroatoms. The van der Waals surface area contributed by atoms with Crippen LogP contribution in [0.25, 0.3) is 0 Å². The SMILES string of the molecule is CCC1CCC(C)N1c1ccccc1[C@H](C)O. The first kappa shape index (κ1) is 12.4. The Kier molecular flexibility index (Phi) is 3.72.